The predicted molar refractivity (Wildman–Crippen MR) is 151 cm³/mol. The Morgan fingerprint density at radius 2 is 1.36 bits per heavy atom. The average Bonchev–Trinajstić information content (AvgIpc) is 3.54. The van der Waals surface area contributed by atoms with E-state index < -0.39 is 5.60 Å². The lowest BCUT2D eigenvalue weighted by Crippen LogP contribution is -2.53. The summed E-state index contributed by atoms with van der Waals surface area (Å²) in [5.41, 5.74) is 2.51. The minimum absolute atomic E-state index is 0.0247. The number of carbonyl (C=O) groups excluding carboxylic acids is 2. The number of piperazine rings is 1. The minimum Gasteiger partial charge on any atom is -0.380 e. The molecule has 7 nitrogen and oxygen atoms in total. The normalized spacial score (nSPS) is 25.0. The third-order valence-electron chi connectivity index (χ3n) is 9.96. The molecule has 1 atom stereocenters. The van der Waals surface area contributed by atoms with Crippen LogP contribution in [0.15, 0.2) is 36.5 Å². The van der Waals surface area contributed by atoms with Gasteiger partial charge in [0, 0.05) is 61.5 Å². The Balaban J connectivity index is 1.13. The molecule has 3 heterocycles. The lowest BCUT2D eigenvalue weighted by molar-refractivity contribution is -0.143. The van der Waals surface area contributed by atoms with E-state index in [1.807, 2.05) is 23.2 Å². The van der Waals surface area contributed by atoms with Crippen molar-refractivity contribution in [1.82, 2.24) is 19.6 Å². The molecule has 3 fully saturated rings. The maximum absolute atomic E-state index is 13.3. The molecule has 7 heteroatoms. The number of aromatic nitrogens is 2. The van der Waals surface area contributed by atoms with Crippen molar-refractivity contribution < 1.29 is 14.7 Å². The fraction of sp³-hybridized carbons (Fsp3) is 0.656. The number of carbonyl (C=O) groups is 2. The summed E-state index contributed by atoms with van der Waals surface area (Å²) in [7, 11) is 0. The number of aliphatic hydroxyl groups is 1. The van der Waals surface area contributed by atoms with Gasteiger partial charge in [-0.25, -0.2) is 0 Å². The summed E-state index contributed by atoms with van der Waals surface area (Å²) in [6.45, 7) is 2.90. The van der Waals surface area contributed by atoms with Crippen molar-refractivity contribution in [3.63, 3.8) is 0 Å². The van der Waals surface area contributed by atoms with Crippen molar-refractivity contribution in [3.8, 4) is 0 Å². The van der Waals surface area contributed by atoms with E-state index >= 15 is 0 Å². The molecule has 2 aliphatic heterocycles. The van der Waals surface area contributed by atoms with E-state index in [-0.39, 0.29) is 17.2 Å². The molecular weight excluding hydrogens is 488 g/mol. The molecule has 1 aromatic carbocycles. The molecule has 4 aliphatic rings. The molecule has 1 aromatic heterocycles. The van der Waals surface area contributed by atoms with Crippen LogP contribution in [0.5, 0.6) is 0 Å². The Morgan fingerprint density at radius 1 is 0.769 bits per heavy atom. The van der Waals surface area contributed by atoms with Crippen molar-refractivity contribution in [2.45, 2.75) is 107 Å². The number of hydrogen-bond acceptors (Lipinski definition) is 4. The molecule has 6 rings (SSSR count). The van der Waals surface area contributed by atoms with E-state index in [9.17, 15) is 14.7 Å². The number of fused-ring (bicyclic) bond motifs is 2. The molecular formula is C32H44N4O3. The van der Waals surface area contributed by atoms with E-state index in [1.165, 1.54) is 75.5 Å². The molecule has 1 unspecified atom stereocenters. The van der Waals surface area contributed by atoms with E-state index in [0.717, 1.165) is 13.0 Å². The first-order valence-electron chi connectivity index (χ1n) is 15.4. The van der Waals surface area contributed by atoms with E-state index in [4.69, 9.17) is 5.10 Å². The number of hydrogen-bond donors (Lipinski definition) is 1. The summed E-state index contributed by atoms with van der Waals surface area (Å²) in [6, 6.07) is 10.6. The van der Waals surface area contributed by atoms with Gasteiger partial charge in [-0.05, 0) is 55.9 Å². The summed E-state index contributed by atoms with van der Waals surface area (Å²) in [6.07, 6.45) is 17.5. The molecule has 1 N–H and O–H groups in total. The molecule has 2 aliphatic carbocycles. The van der Waals surface area contributed by atoms with Crippen molar-refractivity contribution in [1.29, 1.82) is 0 Å². The summed E-state index contributed by atoms with van der Waals surface area (Å²) in [5.74, 6) is 0.252. The van der Waals surface area contributed by atoms with Crippen molar-refractivity contribution in [3.05, 3.63) is 53.3 Å². The lowest BCUT2D eigenvalue weighted by Gasteiger charge is -2.42. The molecule has 2 aromatic rings. The van der Waals surface area contributed by atoms with Gasteiger partial charge in [0.15, 0.2) is 0 Å². The zero-order valence-electron chi connectivity index (χ0n) is 23.3. The second-order valence-corrected chi connectivity index (χ2v) is 12.6. The standard InChI is InChI=1S/C32H44N4O3/c37-29(34-19-21-35(22-20-34)30(38)32(39)16-17-32)26-11-9-25(10-12-26)27-23-31(28-13-18-33-36(28)24-27)14-7-5-3-1-2-4-6-8-15-31/h9-13,18,27,39H,1-8,14-17,19-24H2. The Morgan fingerprint density at radius 3 is 1.97 bits per heavy atom. The first-order chi connectivity index (χ1) is 19.0. The molecule has 1 saturated heterocycles. The fourth-order valence-corrected chi connectivity index (χ4v) is 7.39. The van der Waals surface area contributed by atoms with Gasteiger partial charge in [0.2, 0.25) is 0 Å². The average molecular weight is 533 g/mol. The smallest absolute Gasteiger partial charge is 0.254 e. The van der Waals surface area contributed by atoms with Crippen LogP contribution in [0.1, 0.15) is 111 Å². The first kappa shape index (κ1) is 26.5. The van der Waals surface area contributed by atoms with Crippen molar-refractivity contribution in [2.24, 2.45) is 0 Å². The zero-order chi connectivity index (χ0) is 26.9. The topological polar surface area (TPSA) is 78.7 Å². The van der Waals surface area contributed by atoms with E-state index in [0.29, 0.717) is 50.5 Å². The molecule has 0 bridgehead atoms. The van der Waals surface area contributed by atoms with Gasteiger partial charge >= 0.3 is 0 Å². The summed E-state index contributed by atoms with van der Waals surface area (Å²) < 4.78 is 2.27. The number of rotatable bonds is 3. The van der Waals surface area contributed by atoms with E-state index in [1.54, 1.807) is 4.90 Å². The van der Waals surface area contributed by atoms with Gasteiger partial charge in [0.05, 0.1) is 0 Å². The monoisotopic (exact) mass is 532 g/mol. The fourth-order valence-electron chi connectivity index (χ4n) is 7.39. The second-order valence-electron chi connectivity index (χ2n) is 12.6. The molecule has 1 spiro atoms. The maximum Gasteiger partial charge on any atom is 0.254 e. The van der Waals surface area contributed by atoms with Gasteiger partial charge in [-0.3, -0.25) is 14.3 Å². The van der Waals surface area contributed by atoms with E-state index in [2.05, 4.69) is 22.9 Å². The van der Waals surface area contributed by atoms with Crippen LogP contribution in [0, 0.1) is 0 Å². The Hall–Kier alpha value is -2.67. The highest BCUT2D eigenvalue weighted by Gasteiger charge is 2.50. The summed E-state index contributed by atoms with van der Waals surface area (Å²) in [4.78, 5) is 29.2. The number of nitrogens with zero attached hydrogens (tertiary/aromatic N) is 4. The molecule has 2 saturated carbocycles. The molecule has 210 valence electrons. The van der Waals surface area contributed by atoms with Gasteiger partial charge in [0.1, 0.15) is 5.60 Å². The first-order valence-corrected chi connectivity index (χ1v) is 15.4. The number of benzene rings is 1. The second kappa shape index (κ2) is 11.1. The highest BCUT2D eigenvalue weighted by atomic mass is 16.3. The highest BCUT2D eigenvalue weighted by molar-refractivity contribution is 5.94. The Bertz CT molecular complexity index is 1150. The largest absolute Gasteiger partial charge is 0.380 e. The minimum atomic E-state index is -1.13. The van der Waals surface area contributed by atoms with Gasteiger partial charge in [-0.2, -0.15) is 5.10 Å². The third kappa shape index (κ3) is 5.52. The molecule has 2 amide bonds. The van der Waals surface area contributed by atoms with Crippen LogP contribution >= 0.6 is 0 Å². The van der Waals surface area contributed by atoms with Crippen molar-refractivity contribution in [2.75, 3.05) is 26.2 Å². The van der Waals surface area contributed by atoms with Gasteiger partial charge in [-0.1, -0.05) is 63.5 Å². The quantitative estimate of drug-likeness (QED) is 0.601. The molecule has 0 radical (unpaired) electrons. The highest BCUT2D eigenvalue weighted by Crippen LogP contribution is 2.47. The molecule has 39 heavy (non-hydrogen) atoms. The predicted octanol–water partition coefficient (Wildman–Crippen LogP) is 5.03. The summed E-state index contributed by atoms with van der Waals surface area (Å²) in [5, 5.41) is 14.9. The van der Waals surface area contributed by atoms with Gasteiger partial charge < -0.3 is 14.9 Å². The van der Waals surface area contributed by atoms with Crippen LogP contribution < -0.4 is 0 Å². The SMILES string of the molecule is O=C(c1ccc(C2Cn3nccc3C3(CCCCCCCCCC3)C2)cc1)N1CCN(C(=O)C2(O)CC2)CC1. The van der Waals surface area contributed by atoms with Crippen LogP contribution in [0.4, 0.5) is 0 Å². The van der Waals surface area contributed by atoms with Crippen LogP contribution in [0.2, 0.25) is 0 Å². The Labute approximate surface area is 232 Å². The van der Waals surface area contributed by atoms with Crippen LogP contribution in [0.25, 0.3) is 0 Å². The van der Waals surface area contributed by atoms with Crippen molar-refractivity contribution >= 4 is 11.8 Å². The number of amides is 2. The third-order valence-corrected chi connectivity index (χ3v) is 9.96. The van der Waals surface area contributed by atoms with Gasteiger partial charge in [-0.15, -0.1) is 0 Å². The van der Waals surface area contributed by atoms with Gasteiger partial charge in [0.25, 0.3) is 11.8 Å². The van der Waals surface area contributed by atoms with Crippen LogP contribution in [-0.2, 0) is 16.8 Å². The zero-order valence-corrected chi connectivity index (χ0v) is 23.3. The van der Waals surface area contributed by atoms with Crippen LogP contribution in [0.3, 0.4) is 0 Å². The Kier molecular flexibility index (Phi) is 7.54. The lowest BCUT2D eigenvalue weighted by atomic mass is 9.66. The summed E-state index contributed by atoms with van der Waals surface area (Å²) >= 11 is 0. The van der Waals surface area contributed by atoms with Crippen LogP contribution in [-0.4, -0.2) is 68.3 Å². The maximum atomic E-state index is 13.3.